The molecule has 6 heteroatoms. The van der Waals surface area contributed by atoms with Crippen molar-refractivity contribution in [2.24, 2.45) is 0 Å². The van der Waals surface area contributed by atoms with E-state index in [0.717, 1.165) is 6.07 Å². The second-order valence-corrected chi connectivity index (χ2v) is 8.60. The Morgan fingerprint density at radius 2 is 1.45 bits per heavy atom. The maximum absolute atomic E-state index is 13.2. The second-order valence-electron chi connectivity index (χ2n) is 5.85. The van der Waals surface area contributed by atoms with E-state index in [1.807, 2.05) is 27.7 Å². The summed E-state index contributed by atoms with van der Waals surface area (Å²) in [5, 5.41) is 0. The fraction of sp³-hybridized carbons (Fsp3) is 0.625. The van der Waals surface area contributed by atoms with Crippen molar-refractivity contribution < 1.29 is 22.1 Å². The summed E-state index contributed by atoms with van der Waals surface area (Å²) >= 11 is 0. The topological polar surface area (TPSA) is 27.7 Å². The van der Waals surface area contributed by atoms with Gasteiger partial charge in [-0.15, -0.1) is 0 Å². The van der Waals surface area contributed by atoms with Crippen LogP contribution in [0.15, 0.2) is 18.2 Å². The Labute approximate surface area is 133 Å². The molecule has 22 heavy (non-hydrogen) atoms. The van der Waals surface area contributed by atoms with E-state index in [1.54, 1.807) is 7.11 Å². The third kappa shape index (κ3) is 6.52. The van der Waals surface area contributed by atoms with Crippen molar-refractivity contribution >= 4 is 8.80 Å². The third-order valence-electron chi connectivity index (χ3n) is 3.01. The summed E-state index contributed by atoms with van der Waals surface area (Å²) < 4.78 is 43.8. The van der Waals surface area contributed by atoms with Crippen LogP contribution in [0, 0.1) is 11.6 Å². The average Bonchev–Trinajstić information content (AvgIpc) is 2.35. The van der Waals surface area contributed by atoms with Gasteiger partial charge in [0.05, 0.1) is 0 Å². The summed E-state index contributed by atoms with van der Waals surface area (Å²) in [5.41, 5.74) is 0.630. The first-order chi connectivity index (χ1) is 10.3. The van der Waals surface area contributed by atoms with Crippen LogP contribution in [0.5, 0.6) is 0 Å². The normalized spacial score (nSPS) is 12.4. The largest absolute Gasteiger partial charge is 0.501 e. The number of hydrogen-bond acceptors (Lipinski definition) is 3. The van der Waals surface area contributed by atoms with E-state index in [0.29, 0.717) is 24.4 Å². The first-order valence-electron chi connectivity index (χ1n) is 7.62. The Hall–Kier alpha value is -0.823. The van der Waals surface area contributed by atoms with E-state index in [-0.39, 0.29) is 12.2 Å². The van der Waals surface area contributed by atoms with E-state index in [1.165, 1.54) is 12.1 Å². The molecule has 0 heterocycles. The van der Waals surface area contributed by atoms with E-state index >= 15 is 0 Å². The van der Waals surface area contributed by atoms with Crippen molar-refractivity contribution in [3.05, 3.63) is 35.4 Å². The fourth-order valence-corrected chi connectivity index (χ4v) is 5.06. The Morgan fingerprint density at radius 1 is 0.955 bits per heavy atom. The molecule has 0 atom stereocenters. The van der Waals surface area contributed by atoms with Crippen LogP contribution in [0.3, 0.4) is 0 Å². The molecule has 0 bridgehead atoms. The molecule has 0 saturated carbocycles. The number of benzene rings is 1. The molecule has 0 aliphatic heterocycles. The van der Waals surface area contributed by atoms with Gasteiger partial charge in [0, 0.05) is 31.4 Å². The molecule has 0 amide bonds. The van der Waals surface area contributed by atoms with Gasteiger partial charge in [0.2, 0.25) is 0 Å². The van der Waals surface area contributed by atoms with Gasteiger partial charge in [0.1, 0.15) is 11.6 Å². The van der Waals surface area contributed by atoms with Gasteiger partial charge in [-0.2, -0.15) is 0 Å². The molecule has 1 aromatic rings. The Morgan fingerprint density at radius 3 is 1.86 bits per heavy atom. The Kier molecular flexibility index (Phi) is 7.62. The van der Waals surface area contributed by atoms with Gasteiger partial charge >= 0.3 is 8.80 Å². The van der Waals surface area contributed by atoms with Gasteiger partial charge in [-0.05, 0) is 58.2 Å². The van der Waals surface area contributed by atoms with Crippen LogP contribution in [-0.4, -0.2) is 28.1 Å². The highest BCUT2D eigenvalue weighted by Crippen LogP contribution is 2.22. The molecule has 0 unspecified atom stereocenters. The summed E-state index contributed by atoms with van der Waals surface area (Å²) in [6.07, 6.45) is 1.23. The molecule has 0 aliphatic carbocycles. The van der Waals surface area contributed by atoms with Crippen LogP contribution in [-0.2, 0) is 19.7 Å². The maximum atomic E-state index is 13.2. The molecule has 126 valence electrons. The minimum atomic E-state index is -2.76. The molecule has 0 saturated heterocycles. The minimum absolute atomic E-state index is 0.00280. The molecule has 0 fully saturated rings. The highest BCUT2D eigenvalue weighted by molar-refractivity contribution is 6.60. The van der Waals surface area contributed by atoms with Gasteiger partial charge in [0.15, 0.2) is 0 Å². The molecule has 3 nitrogen and oxygen atoms in total. The molecule has 0 aliphatic rings. The van der Waals surface area contributed by atoms with Crippen molar-refractivity contribution in [3.8, 4) is 0 Å². The van der Waals surface area contributed by atoms with Crippen LogP contribution in [0.25, 0.3) is 0 Å². The molecule has 1 aromatic carbocycles. The lowest BCUT2D eigenvalue weighted by Gasteiger charge is -2.31. The van der Waals surface area contributed by atoms with E-state index < -0.39 is 20.4 Å². The first-order valence-corrected chi connectivity index (χ1v) is 9.55. The zero-order valence-corrected chi connectivity index (χ0v) is 15.0. The molecular weight excluding hydrogens is 306 g/mol. The zero-order chi connectivity index (χ0) is 16.8. The molecule has 0 N–H and O–H groups in total. The van der Waals surface area contributed by atoms with Gasteiger partial charge in [-0.3, -0.25) is 0 Å². The molecule has 0 aromatic heterocycles. The summed E-state index contributed by atoms with van der Waals surface area (Å²) in [4.78, 5) is 0. The lowest BCUT2D eigenvalue weighted by atomic mass is 10.1. The van der Waals surface area contributed by atoms with Crippen LogP contribution in [0.1, 0.15) is 39.7 Å². The van der Waals surface area contributed by atoms with Crippen LogP contribution < -0.4 is 0 Å². The molecule has 0 radical (unpaired) electrons. The lowest BCUT2D eigenvalue weighted by Crippen LogP contribution is -2.48. The van der Waals surface area contributed by atoms with Crippen LogP contribution in [0.4, 0.5) is 8.78 Å². The van der Waals surface area contributed by atoms with Crippen molar-refractivity contribution in [1.29, 1.82) is 0 Å². The standard InChI is InChI=1S/C16H26F2O3Si/c1-12(2)20-22(19-5,21-13(3)4)8-6-7-14-9-15(17)11-16(18)10-14/h9-13H,6-8H2,1-5H3. The van der Waals surface area contributed by atoms with Gasteiger partial charge in [0.25, 0.3) is 0 Å². The van der Waals surface area contributed by atoms with Crippen LogP contribution >= 0.6 is 0 Å². The monoisotopic (exact) mass is 332 g/mol. The second kappa shape index (κ2) is 8.72. The van der Waals surface area contributed by atoms with E-state index in [9.17, 15) is 8.78 Å². The summed E-state index contributed by atoms with van der Waals surface area (Å²) in [6, 6.07) is 4.19. The molecule has 0 spiro atoms. The van der Waals surface area contributed by atoms with Crippen molar-refractivity contribution in [2.75, 3.05) is 7.11 Å². The Balaban J connectivity index is 2.69. The lowest BCUT2D eigenvalue weighted by molar-refractivity contribution is 0.0325. The predicted molar refractivity (Wildman–Crippen MR) is 84.7 cm³/mol. The third-order valence-corrected chi connectivity index (χ3v) is 6.26. The smallest absolute Gasteiger partial charge is 0.377 e. The highest BCUT2D eigenvalue weighted by Gasteiger charge is 2.41. The average molecular weight is 332 g/mol. The summed E-state index contributed by atoms with van der Waals surface area (Å²) in [7, 11) is -1.17. The minimum Gasteiger partial charge on any atom is -0.377 e. The van der Waals surface area contributed by atoms with Gasteiger partial charge in [-0.25, -0.2) is 8.78 Å². The first kappa shape index (κ1) is 19.2. The number of aryl methyl sites for hydroxylation is 1. The zero-order valence-electron chi connectivity index (χ0n) is 14.0. The fourth-order valence-electron chi connectivity index (χ4n) is 2.33. The maximum Gasteiger partial charge on any atom is 0.501 e. The van der Waals surface area contributed by atoms with Crippen molar-refractivity contribution in [2.45, 2.75) is 58.8 Å². The summed E-state index contributed by atoms with van der Waals surface area (Å²) in [5.74, 6) is -1.11. The molecular formula is C16H26F2O3Si. The quantitative estimate of drug-likeness (QED) is 0.630. The van der Waals surface area contributed by atoms with Gasteiger partial charge < -0.3 is 13.3 Å². The highest BCUT2D eigenvalue weighted by atomic mass is 28.4. The summed E-state index contributed by atoms with van der Waals surface area (Å²) in [6.45, 7) is 7.75. The Bertz CT molecular complexity index is 436. The molecule has 1 rings (SSSR count). The van der Waals surface area contributed by atoms with Crippen LogP contribution in [0.2, 0.25) is 6.04 Å². The number of halogens is 2. The van der Waals surface area contributed by atoms with E-state index in [2.05, 4.69) is 0 Å². The number of rotatable bonds is 9. The van der Waals surface area contributed by atoms with Crippen molar-refractivity contribution in [1.82, 2.24) is 0 Å². The number of hydrogen-bond donors (Lipinski definition) is 0. The SMILES string of the molecule is CO[Si](CCCc1cc(F)cc(F)c1)(OC(C)C)OC(C)C. The van der Waals surface area contributed by atoms with E-state index in [4.69, 9.17) is 13.3 Å². The predicted octanol–water partition coefficient (Wildman–Crippen LogP) is 4.33. The van der Waals surface area contributed by atoms with Gasteiger partial charge in [-0.1, -0.05) is 0 Å². The van der Waals surface area contributed by atoms with Crippen molar-refractivity contribution in [3.63, 3.8) is 0 Å².